The van der Waals surface area contributed by atoms with Gasteiger partial charge in [0.05, 0.1) is 12.7 Å². The van der Waals surface area contributed by atoms with Crippen LogP contribution in [-0.2, 0) is 0 Å². The van der Waals surface area contributed by atoms with Crippen molar-refractivity contribution in [3.8, 4) is 5.75 Å². The minimum Gasteiger partial charge on any atom is -0.494 e. The molecule has 2 aromatic carbocycles. The summed E-state index contributed by atoms with van der Waals surface area (Å²) in [6.07, 6.45) is 0. The van der Waals surface area contributed by atoms with Crippen molar-refractivity contribution in [2.45, 2.75) is 0 Å². The van der Waals surface area contributed by atoms with Gasteiger partial charge in [0.25, 0.3) is 5.91 Å². The highest BCUT2D eigenvalue weighted by Gasteiger charge is 2.11. The van der Waals surface area contributed by atoms with Crippen LogP contribution in [0.2, 0.25) is 0 Å². The number of methoxy groups -OCH3 is 1. The number of nitrogens with one attached hydrogen (secondary N) is 1. The molecular formula is C15H12FNO4. The van der Waals surface area contributed by atoms with Gasteiger partial charge in [0.2, 0.25) is 0 Å². The molecule has 0 fully saturated rings. The van der Waals surface area contributed by atoms with E-state index in [2.05, 4.69) is 5.32 Å². The van der Waals surface area contributed by atoms with Crippen LogP contribution in [0.15, 0.2) is 42.5 Å². The molecule has 1 amide bonds. The number of carbonyl (C=O) groups is 2. The average molecular weight is 289 g/mol. The molecule has 108 valence electrons. The first-order chi connectivity index (χ1) is 10.0. The van der Waals surface area contributed by atoms with E-state index in [4.69, 9.17) is 9.84 Å². The maximum Gasteiger partial charge on any atom is 0.335 e. The van der Waals surface area contributed by atoms with Crippen LogP contribution < -0.4 is 10.1 Å². The Hall–Kier alpha value is -2.89. The number of halogens is 1. The van der Waals surface area contributed by atoms with Crippen molar-refractivity contribution in [3.05, 3.63) is 59.4 Å². The van der Waals surface area contributed by atoms with Crippen molar-refractivity contribution in [2.24, 2.45) is 0 Å². The number of benzene rings is 2. The van der Waals surface area contributed by atoms with Crippen molar-refractivity contribution in [3.63, 3.8) is 0 Å². The molecule has 2 aromatic rings. The molecule has 0 radical (unpaired) electrons. The summed E-state index contributed by atoms with van der Waals surface area (Å²) in [5.74, 6) is -2.19. The SMILES string of the molecule is COc1cc(C(=O)Nc2cccc(C(=O)O)c2)ccc1F. The van der Waals surface area contributed by atoms with E-state index in [1.165, 1.54) is 37.4 Å². The minimum absolute atomic E-state index is 0.0399. The third kappa shape index (κ3) is 3.36. The van der Waals surface area contributed by atoms with E-state index in [1.54, 1.807) is 6.07 Å². The van der Waals surface area contributed by atoms with Gasteiger partial charge < -0.3 is 15.2 Å². The van der Waals surface area contributed by atoms with E-state index in [0.717, 1.165) is 6.07 Å². The van der Waals surface area contributed by atoms with Gasteiger partial charge in [-0.25, -0.2) is 9.18 Å². The van der Waals surface area contributed by atoms with Crippen LogP contribution in [0.5, 0.6) is 5.75 Å². The summed E-state index contributed by atoms with van der Waals surface area (Å²) < 4.78 is 18.1. The van der Waals surface area contributed by atoms with E-state index < -0.39 is 17.7 Å². The smallest absolute Gasteiger partial charge is 0.335 e. The number of ether oxygens (including phenoxy) is 1. The lowest BCUT2D eigenvalue weighted by molar-refractivity contribution is 0.0696. The lowest BCUT2D eigenvalue weighted by Gasteiger charge is -2.08. The largest absolute Gasteiger partial charge is 0.494 e. The number of carboxylic acids is 1. The molecule has 0 spiro atoms. The second-order valence-corrected chi connectivity index (χ2v) is 4.19. The highest BCUT2D eigenvalue weighted by Crippen LogP contribution is 2.19. The third-order valence-corrected chi connectivity index (χ3v) is 2.78. The number of amides is 1. The Morgan fingerprint density at radius 2 is 1.90 bits per heavy atom. The molecule has 0 heterocycles. The number of anilines is 1. The molecule has 0 unspecified atom stereocenters. The number of hydrogen-bond donors (Lipinski definition) is 2. The monoisotopic (exact) mass is 289 g/mol. The Kier molecular flexibility index (Phi) is 4.18. The normalized spacial score (nSPS) is 10.0. The molecule has 0 bridgehead atoms. The quantitative estimate of drug-likeness (QED) is 0.907. The second kappa shape index (κ2) is 6.04. The Balaban J connectivity index is 2.22. The van der Waals surface area contributed by atoms with Gasteiger partial charge >= 0.3 is 5.97 Å². The number of hydrogen-bond acceptors (Lipinski definition) is 3. The maximum absolute atomic E-state index is 13.3. The van der Waals surface area contributed by atoms with Gasteiger partial charge in [-0.1, -0.05) is 6.07 Å². The topological polar surface area (TPSA) is 75.6 Å². The predicted molar refractivity (Wildman–Crippen MR) is 74.3 cm³/mol. The molecule has 0 aliphatic rings. The Bertz CT molecular complexity index is 700. The summed E-state index contributed by atoms with van der Waals surface area (Å²) in [7, 11) is 1.30. The summed E-state index contributed by atoms with van der Waals surface area (Å²) >= 11 is 0. The zero-order valence-electron chi connectivity index (χ0n) is 11.1. The molecule has 5 nitrogen and oxygen atoms in total. The Morgan fingerprint density at radius 3 is 2.57 bits per heavy atom. The predicted octanol–water partition coefficient (Wildman–Crippen LogP) is 2.78. The van der Waals surface area contributed by atoms with Crippen molar-refractivity contribution in [1.82, 2.24) is 0 Å². The molecule has 0 aliphatic carbocycles. The fourth-order valence-corrected chi connectivity index (χ4v) is 1.73. The second-order valence-electron chi connectivity index (χ2n) is 4.19. The fraction of sp³-hybridized carbons (Fsp3) is 0.0667. The molecule has 0 saturated heterocycles. The zero-order valence-corrected chi connectivity index (χ0v) is 11.1. The van der Waals surface area contributed by atoms with Gasteiger partial charge in [-0.15, -0.1) is 0 Å². The number of aromatic carboxylic acids is 1. The number of carbonyl (C=O) groups excluding carboxylic acids is 1. The van der Waals surface area contributed by atoms with Gasteiger partial charge in [-0.2, -0.15) is 0 Å². The van der Waals surface area contributed by atoms with Gasteiger partial charge in [-0.05, 0) is 36.4 Å². The Labute approximate surface area is 120 Å². The number of rotatable bonds is 4. The lowest BCUT2D eigenvalue weighted by Crippen LogP contribution is -2.12. The summed E-state index contributed by atoms with van der Waals surface area (Å²) in [6.45, 7) is 0. The molecule has 0 saturated carbocycles. The van der Waals surface area contributed by atoms with Crippen LogP contribution in [0.1, 0.15) is 20.7 Å². The molecular weight excluding hydrogens is 277 g/mol. The van der Waals surface area contributed by atoms with E-state index in [1.807, 2.05) is 0 Å². The van der Waals surface area contributed by atoms with Gasteiger partial charge in [0.15, 0.2) is 11.6 Å². The zero-order chi connectivity index (χ0) is 15.4. The minimum atomic E-state index is -1.09. The van der Waals surface area contributed by atoms with Crippen LogP contribution in [-0.4, -0.2) is 24.1 Å². The fourth-order valence-electron chi connectivity index (χ4n) is 1.73. The summed E-state index contributed by atoms with van der Waals surface area (Å²) in [4.78, 5) is 22.9. The van der Waals surface area contributed by atoms with Crippen LogP contribution in [0.4, 0.5) is 10.1 Å². The highest BCUT2D eigenvalue weighted by atomic mass is 19.1. The molecule has 2 N–H and O–H groups in total. The van der Waals surface area contributed by atoms with Crippen molar-refractivity contribution >= 4 is 17.6 Å². The van der Waals surface area contributed by atoms with Crippen LogP contribution >= 0.6 is 0 Å². The van der Waals surface area contributed by atoms with Crippen LogP contribution in [0, 0.1) is 5.82 Å². The third-order valence-electron chi connectivity index (χ3n) is 2.78. The highest BCUT2D eigenvalue weighted by molar-refractivity contribution is 6.05. The number of carboxylic acid groups (broad SMARTS) is 1. The molecule has 0 aliphatic heterocycles. The molecule has 0 aromatic heterocycles. The van der Waals surface area contributed by atoms with Crippen molar-refractivity contribution in [1.29, 1.82) is 0 Å². The van der Waals surface area contributed by atoms with E-state index in [9.17, 15) is 14.0 Å². The average Bonchev–Trinajstić information content (AvgIpc) is 2.47. The first kappa shape index (κ1) is 14.5. The molecule has 6 heteroatoms. The van der Waals surface area contributed by atoms with E-state index in [0.29, 0.717) is 5.69 Å². The van der Waals surface area contributed by atoms with Gasteiger partial charge in [-0.3, -0.25) is 4.79 Å². The van der Waals surface area contributed by atoms with E-state index >= 15 is 0 Å². The first-order valence-electron chi connectivity index (χ1n) is 5.99. The molecule has 2 rings (SSSR count). The Morgan fingerprint density at radius 1 is 1.14 bits per heavy atom. The molecule has 0 atom stereocenters. The van der Waals surface area contributed by atoms with Crippen molar-refractivity contribution < 1.29 is 23.8 Å². The summed E-state index contributed by atoms with van der Waals surface area (Å²) in [6, 6.07) is 9.54. The van der Waals surface area contributed by atoms with Crippen molar-refractivity contribution in [2.75, 3.05) is 12.4 Å². The summed E-state index contributed by atoms with van der Waals surface area (Å²) in [5, 5.41) is 11.4. The maximum atomic E-state index is 13.3. The van der Waals surface area contributed by atoms with Gasteiger partial charge in [0.1, 0.15) is 0 Å². The van der Waals surface area contributed by atoms with Gasteiger partial charge in [0, 0.05) is 11.3 Å². The van der Waals surface area contributed by atoms with Crippen LogP contribution in [0.25, 0.3) is 0 Å². The summed E-state index contributed by atoms with van der Waals surface area (Å²) in [5.41, 5.74) is 0.599. The lowest BCUT2D eigenvalue weighted by atomic mass is 10.1. The van der Waals surface area contributed by atoms with Crippen LogP contribution in [0.3, 0.4) is 0 Å². The molecule has 21 heavy (non-hydrogen) atoms. The first-order valence-corrected chi connectivity index (χ1v) is 5.99. The van der Waals surface area contributed by atoms with E-state index in [-0.39, 0.29) is 16.9 Å². The standard InChI is InChI=1S/C15H12FNO4/c1-21-13-8-9(5-6-12(13)16)14(18)17-11-4-2-3-10(7-11)15(19)20/h2-8H,1H3,(H,17,18)(H,19,20).